The van der Waals surface area contributed by atoms with Gasteiger partial charge in [-0.15, -0.1) is 0 Å². The van der Waals surface area contributed by atoms with E-state index in [-0.39, 0.29) is 10.6 Å². The molecular weight excluding hydrogens is 333 g/mol. The molecule has 0 saturated heterocycles. The van der Waals surface area contributed by atoms with E-state index in [0.29, 0.717) is 5.01 Å². The molecule has 1 aromatic rings. The lowest BCUT2D eigenvalue weighted by Gasteiger charge is -2.41. The Labute approximate surface area is 136 Å². The van der Waals surface area contributed by atoms with Gasteiger partial charge in [0.25, 0.3) is 5.91 Å². The number of hydrogen-bond acceptors (Lipinski definition) is 3. The van der Waals surface area contributed by atoms with E-state index in [0.717, 1.165) is 0 Å². The first kappa shape index (κ1) is 17.7. The van der Waals surface area contributed by atoms with E-state index < -0.39 is 35.4 Å². The number of alkyl halides is 3. The van der Waals surface area contributed by atoms with Crippen LogP contribution in [0.2, 0.25) is 5.02 Å². The first-order valence-electron chi connectivity index (χ1n) is 6.83. The van der Waals surface area contributed by atoms with Gasteiger partial charge in [-0.05, 0) is 18.2 Å². The first-order chi connectivity index (χ1) is 10.4. The molecule has 0 bridgehead atoms. The topological polar surface area (TPSA) is 52.9 Å². The number of nitrogens with zero attached hydrogens (tertiary/aromatic N) is 2. The normalized spacial score (nSPS) is 22.3. The van der Waals surface area contributed by atoms with Gasteiger partial charge < -0.3 is 5.11 Å². The first-order valence-corrected chi connectivity index (χ1v) is 7.21. The minimum Gasteiger partial charge on any atom is -0.368 e. The highest BCUT2D eigenvalue weighted by Gasteiger charge is 2.57. The fourth-order valence-electron chi connectivity index (χ4n) is 2.24. The quantitative estimate of drug-likeness (QED) is 0.838. The molecule has 0 fully saturated rings. The summed E-state index contributed by atoms with van der Waals surface area (Å²) in [5.74, 6) is -0.843. The molecule has 1 heterocycles. The molecular formula is C15H16ClF3N2O2. The summed E-state index contributed by atoms with van der Waals surface area (Å²) in [5, 5.41) is 14.9. The van der Waals surface area contributed by atoms with Gasteiger partial charge in [0, 0.05) is 22.4 Å². The second-order valence-electron chi connectivity index (χ2n) is 6.42. The molecule has 0 radical (unpaired) electrons. The smallest absolute Gasteiger partial charge is 0.368 e. The standard InChI is InChI=1S/C15H16ClF3N2O2/c1-13(2,3)14(23)8-11(15(17,18)19)20-21(14)12(22)9-5-4-6-10(16)7-9/h4-7,23H,8H2,1-3H3/t14-/m1/s1. The van der Waals surface area contributed by atoms with E-state index >= 15 is 0 Å². The predicted molar refractivity (Wildman–Crippen MR) is 80.1 cm³/mol. The van der Waals surface area contributed by atoms with Crippen molar-refractivity contribution in [3.05, 3.63) is 34.9 Å². The molecule has 0 unspecified atom stereocenters. The molecule has 4 nitrogen and oxygen atoms in total. The number of carbonyl (C=O) groups excluding carboxylic acids is 1. The summed E-state index contributed by atoms with van der Waals surface area (Å²) in [5.41, 5.74) is -4.27. The van der Waals surface area contributed by atoms with E-state index in [1.807, 2.05) is 0 Å². The van der Waals surface area contributed by atoms with Crippen LogP contribution in [0, 0.1) is 5.41 Å². The Balaban J connectivity index is 2.50. The van der Waals surface area contributed by atoms with Gasteiger partial charge >= 0.3 is 6.18 Å². The van der Waals surface area contributed by atoms with Crippen molar-refractivity contribution >= 4 is 23.2 Å². The molecule has 0 aromatic heterocycles. The zero-order chi connectivity index (χ0) is 17.6. The molecule has 23 heavy (non-hydrogen) atoms. The maximum Gasteiger partial charge on any atom is 0.431 e. The number of amides is 1. The van der Waals surface area contributed by atoms with Crippen LogP contribution < -0.4 is 0 Å². The lowest BCUT2D eigenvalue weighted by Crippen LogP contribution is -2.55. The Morgan fingerprint density at radius 2 is 1.96 bits per heavy atom. The van der Waals surface area contributed by atoms with Crippen molar-refractivity contribution in [1.29, 1.82) is 0 Å². The highest BCUT2D eigenvalue weighted by molar-refractivity contribution is 6.31. The summed E-state index contributed by atoms with van der Waals surface area (Å²) < 4.78 is 39.0. The fraction of sp³-hybridized carbons (Fsp3) is 0.467. The van der Waals surface area contributed by atoms with Crippen LogP contribution in [0.15, 0.2) is 29.4 Å². The molecule has 0 spiro atoms. The molecule has 1 aliphatic rings. The highest BCUT2D eigenvalue weighted by atomic mass is 35.5. The Hall–Kier alpha value is -1.60. The van der Waals surface area contributed by atoms with Crippen molar-refractivity contribution in [2.45, 2.75) is 39.1 Å². The Morgan fingerprint density at radius 3 is 2.43 bits per heavy atom. The summed E-state index contributed by atoms with van der Waals surface area (Å²) in [6.07, 6.45) is -5.51. The van der Waals surface area contributed by atoms with Gasteiger partial charge in [0.15, 0.2) is 5.72 Å². The summed E-state index contributed by atoms with van der Waals surface area (Å²) in [6.45, 7) is 4.63. The molecule has 126 valence electrons. The lowest BCUT2D eigenvalue weighted by atomic mass is 9.80. The van der Waals surface area contributed by atoms with Gasteiger partial charge in [0.1, 0.15) is 5.71 Å². The van der Waals surface area contributed by atoms with E-state index in [2.05, 4.69) is 5.10 Å². The third kappa shape index (κ3) is 3.21. The molecule has 0 saturated carbocycles. The number of halogens is 4. The Morgan fingerprint density at radius 1 is 1.35 bits per heavy atom. The minimum absolute atomic E-state index is 0.0485. The van der Waals surface area contributed by atoms with Crippen LogP contribution in [0.25, 0.3) is 0 Å². The van der Waals surface area contributed by atoms with E-state index in [9.17, 15) is 23.1 Å². The summed E-state index contributed by atoms with van der Waals surface area (Å²) in [7, 11) is 0. The maximum atomic E-state index is 13.0. The number of carbonyl (C=O) groups is 1. The van der Waals surface area contributed by atoms with Crippen LogP contribution in [0.5, 0.6) is 0 Å². The van der Waals surface area contributed by atoms with Crippen molar-refractivity contribution in [3.63, 3.8) is 0 Å². The third-order valence-electron chi connectivity index (χ3n) is 3.78. The van der Waals surface area contributed by atoms with Crippen LogP contribution in [0.1, 0.15) is 37.6 Å². The molecule has 1 N–H and O–H groups in total. The summed E-state index contributed by atoms with van der Waals surface area (Å²) in [4.78, 5) is 12.6. The molecule has 1 aromatic carbocycles. The molecule has 2 rings (SSSR count). The van der Waals surface area contributed by atoms with Crippen molar-refractivity contribution < 1.29 is 23.1 Å². The van der Waals surface area contributed by atoms with E-state index in [1.54, 1.807) is 20.8 Å². The van der Waals surface area contributed by atoms with Crippen LogP contribution in [-0.2, 0) is 0 Å². The molecule has 1 aliphatic heterocycles. The van der Waals surface area contributed by atoms with E-state index in [4.69, 9.17) is 11.6 Å². The summed E-state index contributed by atoms with van der Waals surface area (Å²) >= 11 is 5.81. The van der Waals surface area contributed by atoms with Crippen LogP contribution in [0.4, 0.5) is 13.2 Å². The molecule has 1 atom stereocenters. The maximum absolute atomic E-state index is 13.0. The average molecular weight is 349 g/mol. The minimum atomic E-state index is -4.72. The average Bonchev–Trinajstić information content (AvgIpc) is 2.77. The lowest BCUT2D eigenvalue weighted by molar-refractivity contribution is -0.144. The zero-order valence-electron chi connectivity index (χ0n) is 12.8. The molecule has 0 aliphatic carbocycles. The van der Waals surface area contributed by atoms with Crippen LogP contribution >= 0.6 is 11.6 Å². The van der Waals surface area contributed by atoms with Crippen molar-refractivity contribution in [2.75, 3.05) is 0 Å². The fourth-order valence-corrected chi connectivity index (χ4v) is 2.43. The van der Waals surface area contributed by atoms with Gasteiger partial charge in [0.05, 0.1) is 0 Å². The van der Waals surface area contributed by atoms with Gasteiger partial charge in [-0.25, -0.2) is 0 Å². The van der Waals surface area contributed by atoms with Gasteiger partial charge in [0.2, 0.25) is 0 Å². The molecule has 8 heteroatoms. The number of hydrogen-bond donors (Lipinski definition) is 1. The van der Waals surface area contributed by atoms with Gasteiger partial charge in [-0.2, -0.15) is 23.3 Å². The third-order valence-corrected chi connectivity index (χ3v) is 4.01. The van der Waals surface area contributed by atoms with Gasteiger partial charge in [-0.3, -0.25) is 4.79 Å². The van der Waals surface area contributed by atoms with E-state index in [1.165, 1.54) is 24.3 Å². The number of benzene rings is 1. The van der Waals surface area contributed by atoms with Crippen LogP contribution in [-0.4, -0.2) is 33.6 Å². The van der Waals surface area contributed by atoms with Crippen LogP contribution in [0.3, 0.4) is 0 Å². The van der Waals surface area contributed by atoms with Crippen molar-refractivity contribution in [2.24, 2.45) is 10.5 Å². The largest absolute Gasteiger partial charge is 0.431 e. The number of rotatable bonds is 1. The highest BCUT2D eigenvalue weighted by Crippen LogP contribution is 2.44. The van der Waals surface area contributed by atoms with Crippen molar-refractivity contribution in [3.8, 4) is 0 Å². The second kappa shape index (κ2) is 5.49. The Kier molecular flexibility index (Phi) is 4.24. The zero-order valence-corrected chi connectivity index (χ0v) is 13.5. The SMILES string of the molecule is CC(C)(C)[C@]1(O)CC(C(F)(F)F)=NN1C(=O)c1cccc(Cl)c1. The van der Waals surface area contributed by atoms with Gasteiger partial charge in [-0.1, -0.05) is 38.4 Å². The second-order valence-corrected chi connectivity index (χ2v) is 6.85. The monoisotopic (exact) mass is 348 g/mol. The Bertz CT molecular complexity index is 667. The molecule has 1 amide bonds. The van der Waals surface area contributed by atoms with Crippen molar-refractivity contribution in [1.82, 2.24) is 5.01 Å². The number of aliphatic hydroxyl groups is 1. The predicted octanol–water partition coefficient (Wildman–Crippen LogP) is 3.84. The summed E-state index contributed by atoms with van der Waals surface area (Å²) in [6, 6.07) is 5.74. The number of hydrazone groups is 1.